The molecule has 6 aromatic rings. The molecule has 1 aromatic heterocycles. The Bertz CT molecular complexity index is 1820. The quantitative estimate of drug-likeness (QED) is 0.242. The monoisotopic (exact) mass is 501 g/mol. The summed E-state index contributed by atoms with van der Waals surface area (Å²) in [4.78, 5) is 15.1. The summed E-state index contributed by atoms with van der Waals surface area (Å²) in [7, 11) is 0. The molecule has 0 saturated heterocycles. The van der Waals surface area contributed by atoms with Crippen LogP contribution in [0.4, 0.5) is 0 Å². The van der Waals surface area contributed by atoms with Crippen molar-refractivity contribution in [1.29, 1.82) is 0 Å². The van der Waals surface area contributed by atoms with Gasteiger partial charge in [-0.2, -0.15) is 0 Å². The van der Waals surface area contributed by atoms with Gasteiger partial charge in [0.05, 0.1) is 0 Å². The highest BCUT2D eigenvalue weighted by Gasteiger charge is 2.35. The summed E-state index contributed by atoms with van der Waals surface area (Å²) in [6.45, 7) is 4.60. The second-order valence-corrected chi connectivity index (χ2v) is 10.5. The lowest BCUT2D eigenvalue weighted by atomic mass is 9.82. The Morgan fingerprint density at radius 2 is 0.897 bits per heavy atom. The summed E-state index contributed by atoms with van der Waals surface area (Å²) >= 11 is 0. The molecule has 0 amide bonds. The van der Waals surface area contributed by atoms with Crippen molar-refractivity contribution in [3.8, 4) is 56.4 Å². The maximum absolute atomic E-state index is 5.08. The van der Waals surface area contributed by atoms with Crippen molar-refractivity contribution in [2.45, 2.75) is 19.3 Å². The summed E-state index contributed by atoms with van der Waals surface area (Å²) in [5.74, 6) is 2.01. The first-order chi connectivity index (χ1) is 19.1. The highest BCUT2D eigenvalue weighted by molar-refractivity contribution is 5.85. The van der Waals surface area contributed by atoms with Gasteiger partial charge in [-0.3, -0.25) is 0 Å². The van der Waals surface area contributed by atoms with Crippen LogP contribution in [0.1, 0.15) is 25.0 Å². The standard InChI is InChI=1S/C36H27N3/c1-36(2)31-20-12-11-18-28(31)30-23-26(21-22-32(30)36)34-37-33(25-15-7-4-8-16-25)38-35(39-34)29-19-10-9-17-27(29)24-13-5-3-6-14-24/h3-23H,1-2H3. The maximum Gasteiger partial charge on any atom is 0.164 e. The van der Waals surface area contributed by atoms with Gasteiger partial charge in [0.2, 0.25) is 0 Å². The minimum atomic E-state index is -0.0431. The molecule has 0 fully saturated rings. The van der Waals surface area contributed by atoms with Crippen molar-refractivity contribution in [3.05, 3.63) is 139 Å². The molecule has 0 aliphatic heterocycles. The van der Waals surface area contributed by atoms with E-state index in [0.717, 1.165) is 27.8 Å². The number of hydrogen-bond donors (Lipinski definition) is 0. The van der Waals surface area contributed by atoms with Gasteiger partial charge >= 0.3 is 0 Å². The van der Waals surface area contributed by atoms with E-state index in [1.165, 1.54) is 22.3 Å². The number of nitrogens with zero attached hydrogens (tertiary/aromatic N) is 3. The van der Waals surface area contributed by atoms with Crippen LogP contribution in [0.3, 0.4) is 0 Å². The van der Waals surface area contributed by atoms with Crippen LogP contribution in [0.15, 0.2) is 127 Å². The zero-order valence-corrected chi connectivity index (χ0v) is 22.0. The molecule has 0 atom stereocenters. The van der Waals surface area contributed by atoms with Crippen LogP contribution in [0.5, 0.6) is 0 Å². The molecule has 0 bridgehead atoms. The fourth-order valence-electron chi connectivity index (χ4n) is 5.75. The average Bonchev–Trinajstić information content (AvgIpc) is 3.24. The Morgan fingerprint density at radius 1 is 0.385 bits per heavy atom. The average molecular weight is 502 g/mol. The molecule has 186 valence electrons. The Morgan fingerprint density at radius 3 is 1.62 bits per heavy atom. The zero-order valence-electron chi connectivity index (χ0n) is 22.0. The second-order valence-electron chi connectivity index (χ2n) is 10.5. The smallest absolute Gasteiger partial charge is 0.164 e. The van der Waals surface area contributed by atoms with E-state index in [9.17, 15) is 0 Å². The van der Waals surface area contributed by atoms with E-state index in [0.29, 0.717) is 17.5 Å². The van der Waals surface area contributed by atoms with Crippen LogP contribution in [0, 0.1) is 0 Å². The molecule has 3 heteroatoms. The fraction of sp³-hybridized carbons (Fsp3) is 0.0833. The molecule has 39 heavy (non-hydrogen) atoms. The summed E-state index contributed by atoms with van der Waals surface area (Å²) in [5, 5.41) is 0. The van der Waals surface area contributed by atoms with Gasteiger partial charge in [-0.05, 0) is 39.4 Å². The minimum absolute atomic E-state index is 0.0431. The van der Waals surface area contributed by atoms with Gasteiger partial charge < -0.3 is 0 Å². The number of rotatable bonds is 4. The molecule has 0 unspecified atom stereocenters. The SMILES string of the molecule is CC1(C)c2ccccc2-c2cc(-c3nc(-c4ccccc4)nc(-c4ccccc4-c4ccccc4)n3)ccc21. The van der Waals surface area contributed by atoms with Crippen molar-refractivity contribution in [1.82, 2.24) is 15.0 Å². The molecule has 0 saturated carbocycles. The van der Waals surface area contributed by atoms with Gasteiger partial charge in [0.1, 0.15) is 0 Å². The van der Waals surface area contributed by atoms with E-state index in [1.807, 2.05) is 42.5 Å². The molecule has 1 aliphatic carbocycles. The topological polar surface area (TPSA) is 38.7 Å². The van der Waals surface area contributed by atoms with Gasteiger partial charge in [-0.1, -0.05) is 135 Å². The largest absolute Gasteiger partial charge is 0.208 e. The number of aromatic nitrogens is 3. The van der Waals surface area contributed by atoms with Gasteiger partial charge in [0.25, 0.3) is 0 Å². The first-order valence-electron chi connectivity index (χ1n) is 13.3. The third-order valence-corrected chi connectivity index (χ3v) is 7.76. The summed E-state index contributed by atoms with van der Waals surface area (Å²) in [5.41, 5.74) is 10.3. The number of benzene rings is 5. The van der Waals surface area contributed by atoms with Crippen molar-refractivity contribution < 1.29 is 0 Å². The van der Waals surface area contributed by atoms with E-state index in [4.69, 9.17) is 15.0 Å². The predicted molar refractivity (Wildman–Crippen MR) is 159 cm³/mol. The second kappa shape index (κ2) is 9.14. The normalized spacial score (nSPS) is 13.1. The fourth-order valence-corrected chi connectivity index (χ4v) is 5.75. The molecule has 3 nitrogen and oxygen atoms in total. The highest BCUT2D eigenvalue weighted by atomic mass is 15.0. The van der Waals surface area contributed by atoms with Crippen molar-refractivity contribution in [3.63, 3.8) is 0 Å². The highest BCUT2D eigenvalue weighted by Crippen LogP contribution is 2.49. The van der Waals surface area contributed by atoms with E-state index < -0.39 is 0 Å². The number of fused-ring (bicyclic) bond motifs is 3. The molecule has 5 aromatic carbocycles. The number of hydrogen-bond acceptors (Lipinski definition) is 3. The Labute approximate surface area is 228 Å². The van der Waals surface area contributed by atoms with Crippen LogP contribution in [-0.4, -0.2) is 15.0 Å². The van der Waals surface area contributed by atoms with E-state index in [2.05, 4.69) is 98.8 Å². The first-order valence-corrected chi connectivity index (χ1v) is 13.3. The van der Waals surface area contributed by atoms with Gasteiger partial charge in [0.15, 0.2) is 17.5 Å². The lowest BCUT2D eigenvalue weighted by Crippen LogP contribution is -2.14. The molecule has 1 heterocycles. The molecule has 0 spiro atoms. The summed E-state index contributed by atoms with van der Waals surface area (Å²) in [6.07, 6.45) is 0. The van der Waals surface area contributed by atoms with Crippen LogP contribution < -0.4 is 0 Å². The molecule has 0 N–H and O–H groups in total. The third kappa shape index (κ3) is 3.95. The molecular weight excluding hydrogens is 474 g/mol. The van der Waals surface area contributed by atoms with Crippen LogP contribution in [-0.2, 0) is 5.41 Å². The molecule has 0 radical (unpaired) electrons. The van der Waals surface area contributed by atoms with Crippen molar-refractivity contribution in [2.24, 2.45) is 0 Å². The minimum Gasteiger partial charge on any atom is -0.208 e. The van der Waals surface area contributed by atoms with Gasteiger partial charge in [-0.15, -0.1) is 0 Å². The van der Waals surface area contributed by atoms with Crippen LogP contribution in [0.2, 0.25) is 0 Å². The zero-order chi connectivity index (χ0) is 26.4. The lowest BCUT2D eigenvalue weighted by Gasteiger charge is -2.21. The van der Waals surface area contributed by atoms with E-state index in [-0.39, 0.29) is 5.41 Å². The Balaban J connectivity index is 1.44. The summed E-state index contributed by atoms with van der Waals surface area (Å²) < 4.78 is 0. The van der Waals surface area contributed by atoms with Crippen LogP contribution in [0.25, 0.3) is 56.4 Å². The van der Waals surface area contributed by atoms with Gasteiger partial charge in [-0.25, -0.2) is 15.0 Å². The van der Waals surface area contributed by atoms with Crippen molar-refractivity contribution in [2.75, 3.05) is 0 Å². The summed E-state index contributed by atoms with van der Waals surface area (Å²) in [6, 6.07) is 44.2. The van der Waals surface area contributed by atoms with Crippen LogP contribution >= 0.6 is 0 Å². The third-order valence-electron chi connectivity index (χ3n) is 7.76. The first kappa shape index (κ1) is 23.2. The Hall–Kier alpha value is -4.89. The van der Waals surface area contributed by atoms with Gasteiger partial charge in [0, 0.05) is 22.1 Å². The molecule has 1 aliphatic rings. The Kier molecular flexibility index (Phi) is 5.45. The maximum atomic E-state index is 5.08. The lowest BCUT2D eigenvalue weighted by molar-refractivity contribution is 0.660. The van der Waals surface area contributed by atoms with Crippen molar-refractivity contribution >= 4 is 0 Å². The van der Waals surface area contributed by atoms with E-state index in [1.54, 1.807) is 0 Å². The molecular formula is C36H27N3. The predicted octanol–water partition coefficient (Wildman–Crippen LogP) is 8.85. The van der Waals surface area contributed by atoms with E-state index >= 15 is 0 Å². The molecule has 7 rings (SSSR count).